The quantitative estimate of drug-likeness (QED) is 0.696. The summed E-state index contributed by atoms with van der Waals surface area (Å²) in [4.78, 5) is 10.7. The Hall–Kier alpha value is -1.55. The van der Waals surface area contributed by atoms with Crippen LogP contribution in [0.3, 0.4) is 0 Å². The number of carbonyl (C=O) groups excluding carboxylic acids is 1. The maximum Gasteiger partial charge on any atom is 0.238 e. The molecule has 1 aromatic carbocycles. The van der Waals surface area contributed by atoms with Crippen molar-refractivity contribution < 1.29 is 9.53 Å². The van der Waals surface area contributed by atoms with Gasteiger partial charge in [0.1, 0.15) is 11.8 Å². The molecule has 0 radical (unpaired) electrons. The molecule has 1 rings (SSSR count). The van der Waals surface area contributed by atoms with Gasteiger partial charge >= 0.3 is 0 Å². The smallest absolute Gasteiger partial charge is 0.238 e. The van der Waals surface area contributed by atoms with Crippen LogP contribution in [0, 0.1) is 0 Å². The molecule has 4 heteroatoms. The lowest BCUT2D eigenvalue weighted by Gasteiger charge is -2.07. The van der Waals surface area contributed by atoms with Crippen LogP contribution in [0.5, 0.6) is 5.75 Å². The van der Waals surface area contributed by atoms with E-state index >= 15 is 0 Å². The molecule has 0 aliphatic carbocycles. The first-order valence-corrected chi connectivity index (χ1v) is 3.84. The highest BCUT2D eigenvalue weighted by atomic mass is 16.5. The minimum absolute atomic E-state index is 0.537. The maximum atomic E-state index is 10.7. The molecular formula is C9H12N2O2. The third-order valence-corrected chi connectivity index (χ3v) is 1.78. The van der Waals surface area contributed by atoms with Crippen LogP contribution in [-0.4, -0.2) is 13.0 Å². The Morgan fingerprint density at radius 2 is 1.92 bits per heavy atom. The Kier molecular flexibility index (Phi) is 2.87. The van der Waals surface area contributed by atoms with Crippen LogP contribution in [0.2, 0.25) is 0 Å². The Balaban J connectivity index is 2.85. The summed E-state index contributed by atoms with van der Waals surface area (Å²) in [6.07, 6.45) is 0. The number of primary amides is 1. The van der Waals surface area contributed by atoms with E-state index in [0.29, 0.717) is 5.56 Å². The SMILES string of the molecule is COc1ccc([C@@H](N)C(N)=O)cc1. The highest BCUT2D eigenvalue weighted by Gasteiger charge is 2.11. The van der Waals surface area contributed by atoms with Crippen LogP contribution in [0.4, 0.5) is 0 Å². The van der Waals surface area contributed by atoms with Gasteiger partial charge < -0.3 is 16.2 Å². The third kappa shape index (κ3) is 2.19. The second-order valence-electron chi connectivity index (χ2n) is 2.65. The maximum absolute atomic E-state index is 10.7. The Bertz CT molecular complexity index is 295. The van der Waals surface area contributed by atoms with Gasteiger partial charge in [0.2, 0.25) is 5.91 Å². The number of rotatable bonds is 3. The summed E-state index contributed by atoms with van der Waals surface area (Å²) in [6, 6.07) is 6.16. The van der Waals surface area contributed by atoms with Crippen molar-refractivity contribution in [2.24, 2.45) is 11.5 Å². The second-order valence-corrected chi connectivity index (χ2v) is 2.65. The van der Waals surface area contributed by atoms with Crippen molar-refractivity contribution in [2.45, 2.75) is 6.04 Å². The predicted molar refractivity (Wildman–Crippen MR) is 49.1 cm³/mol. The number of hydrogen-bond donors (Lipinski definition) is 2. The molecule has 0 saturated carbocycles. The van der Waals surface area contributed by atoms with E-state index in [1.54, 1.807) is 31.4 Å². The number of carbonyl (C=O) groups is 1. The van der Waals surface area contributed by atoms with Crippen molar-refractivity contribution >= 4 is 5.91 Å². The third-order valence-electron chi connectivity index (χ3n) is 1.78. The summed E-state index contributed by atoms with van der Waals surface area (Å²) >= 11 is 0. The van der Waals surface area contributed by atoms with Crippen LogP contribution in [-0.2, 0) is 4.79 Å². The molecular weight excluding hydrogens is 168 g/mol. The minimum Gasteiger partial charge on any atom is -0.497 e. The van der Waals surface area contributed by atoms with Gasteiger partial charge in [-0.05, 0) is 17.7 Å². The standard InChI is InChI=1S/C9H12N2O2/c1-13-7-4-2-6(3-5-7)8(10)9(11)12/h2-5,8H,10H2,1H3,(H2,11,12)/t8-/m1/s1. The molecule has 0 aromatic heterocycles. The molecule has 4 nitrogen and oxygen atoms in total. The van der Waals surface area contributed by atoms with E-state index in [2.05, 4.69) is 0 Å². The van der Waals surface area contributed by atoms with Crippen molar-refractivity contribution in [1.29, 1.82) is 0 Å². The molecule has 0 heterocycles. The van der Waals surface area contributed by atoms with Crippen LogP contribution in [0.15, 0.2) is 24.3 Å². The number of benzene rings is 1. The number of amides is 1. The van der Waals surface area contributed by atoms with Gasteiger partial charge in [0.05, 0.1) is 7.11 Å². The molecule has 0 aliphatic heterocycles. The summed E-state index contributed by atoms with van der Waals surface area (Å²) in [5.74, 6) is 0.186. The van der Waals surface area contributed by atoms with Crippen LogP contribution < -0.4 is 16.2 Å². The monoisotopic (exact) mass is 180 g/mol. The first-order valence-electron chi connectivity index (χ1n) is 3.84. The molecule has 1 amide bonds. The summed E-state index contributed by atoms with van der Waals surface area (Å²) in [6.45, 7) is 0. The van der Waals surface area contributed by atoms with Crippen LogP contribution >= 0.6 is 0 Å². The van der Waals surface area contributed by atoms with Gasteiger partial charge in [-0.2, -0.15) is 0 Å². The van der Waals surface area contributed by atoms with Crippen molar-refractivity contribution in [3.63, 3.8) is 0 Å². The first kappa shape index (κ1) is 9.54. The van der Waals surface area contributed by atoms with E-state index in [0.717, 1.165) is 5.75 Å². The van der Waals surface area contributed by atoms with Gasteiger partial charge in [0.15, 0.2) is 0 Å². The van der Waals surface area contributed by atoms with Crippen molar-refractivity contribution in [3.8, 4) is 5.75 Å². The summed E-state index contributed by atoms with van der Waals surface area (Å²) in [5.41, 5.74) is 11.2. The lowest BCUT2D eigenvalue weighted by Crippen LogP contribution is -2.28. The van der Waals surface area contributed by atoms with Gasteiger partial charge in [-0.15, -0.1) is 0 Å². The van der Waals surface area contributed by atoms with Gasteiger partial charge in [-0.3, -0.25) is 4.79 Å². The molecule has 70 valence electrons. The average Bonchev–Trinajstić information content (AvgIpc) is 2.17. The summed E-state index contributed by atoms with van der Waals surface area (Å²) < 4.78 is 4.95. The lowest BCUT2D eigenvalue weighted by molar-refractivity contribution is -0.119. The number of methoxy groups -OCH3 is 1. The van der Waals surface area contributed by atoms with Crippen LogP contribution in [0.1, 0.15) is 11.6 Å². The largest absolute Gasteiger partial charge is 0.497 e. The molecule has 13 heavy (non-hydrogen) atoms. The zero-order valence-electron chi connectivity index (χ0n) is 7.36. The normalized spacial score (nSPS) is 12.2. The van der Waals surface area contributed by atoms with Crippen molar-refractivity contribution in [1.82, 2.24) is 0 Å². The van der Waals surface area contributed by atoms with Gasteiger partial charge in [-0.1, -0.05) is 12.1 Å². The molecule has 0 aliphatic rings. The number of nitrogens with two attached hydrogens (primary N) is 2. The molecule has 1 atom stereocenters. The topological polar surface area (TPSA) is 78.3 Å². The van der Waals surface area contributed by atoms with E-state index in [1.807, 2.05) is 0 Å². The van der Waals surface area contributed by atoms with E-state index < -0.39 is 11.9 Å². The molecule has 0 unspecified atom stereocenters. The Morgan fingerprint density at radius 1 is 1.38 bits per heavy atom. The fourth-order valence-corrected chi connectivity index (χ4v) is 0.976. The fourth-order valence-electron chi connectivity index (χ4n) is 0.976. The average molecular weight is 180 g/mol. The summed E-state index contributed by atoms with van der Waals surface area (Å²) in [7, 11) is 1.57. The predicted octanol–water partition coefficient (Wildman–Crippen LogP) is 0.180. The molecule has 1 aromatic rings. The number of ether oxygens (including phenoxy) is 1. The first-order chi connectivity index (χ1) is 6.15. The Labute approximate surface area is 76.5 Å². The van der Waals surface area contributed by atoms with E-state index in [4.69, 9.17) is 16.2 Å². The van der Waals surface area contributed by atoms with Gasteiger partial charge in [-0.25, -0.2) is 0 Å². The summed E-state index contributed by atoms with van der Waals surface area (Å²) in [5, 5.41) is 0. The molecule has 0 fully saturated rings. The fraction of sp³-hybridized carbons (Fsp3) is 0.222. The van der Waals surface area contributed by atoms with E-state index in [-0.39, 0.29) is 0 Å². The lowest BCUT2D eigenvalue weighted by atomic mass is 10.1. The highest BCUT2D eigenvalue weighted by Crippen LogP contribution is 2.15. The van der Waals surface area contributed by atoms with E-state index in [1.165, 1.54) is 0 Å². The zero-order valence-corrected chi connectivity index (χ0v) is 7.36. The highest BCUT2D eigenvalue weighted by molar-refractivity contribution is 5.81. The van der Waals surface area contributed by atoms with Crippen molar-refractivity contribution in [2.75, 3.05) is 7.11 Å². The van der Waals surface area contributed by atoms with Gasteiger partial charge in [0, 0.05) is 0 Å². The second kappa shape index (κ2) is 3.91. The Morgan fingerprint density at radius 3 is 2.31 bits per heavy atom. The minimum atomic E-state index is -0.745. The van der Waals surface area contributed by atoms with Crippen LogP contribution in [0.25, 0.3) is 0 Å². The van der Waals surface area contributed by atoms with Gasteiger partial charge in [0.25, 0.3) is 0 Å². The molecule has 4 N–H and O–H groups in total. The molecule has 0 saturated heterocycles. The molecule has 0 bridgehead atoms. The number of hydrogen-bond acceptors (Lipinski definition) is 3. The van der Waals surface area contributed by atoms with Crippen molar-refractivity contribution in [3.05, 3.63) is 29.8 Å². The molecule has 0 spiro atoms. The van der Waals surface area contributed by atoms with E-state index in [9.17, 15) is 4.79 Å². The zero-order chi connectivity index (χ0) is 9.84.